The first-order chi connectivity index (χ1) is 9.67. The molecule has 1 heterocycles. The van der Waals surface area contributed by atoms with Gasteiger partial charge in [0.25, 0.3) is 5.91 Å². The van der Waals surface area contributed by atoms with Gasteiger partial charge in [-0.25, -0.2) is 4.39 Å². The van der Waals surface area contributed by atoms with E-state index in [1.807, 2.05) is 0 Å². The predicted octanol–water partition coefficient (Wildman–Crippen LogP) is 2.21. The summed E-state index contributed by atoms with van der Waals surface area (Å²) in [4.78, 5) is 14.1. The van der Waals surface area contributed by atoms with Gasteiger partial charge in [-0.15, -0.1) is 0 Å². The van der Waals surface area contributed by atoms with Gasteiger partial charge in [-0.1, -0.05) is 12.8 Å². The van der Waals surface area contributed by atoms with Gasteiger partial charge in [-0.3, -0.25) is 4.79 Å². The Balaban J connectivity index is 2.24. The average Bonchev–Trinajstić information content (AvgIpc) is 2.71. The van der Waals surface area contributed by atoms with Crippen molar-refractivity contribution >= 4 is 5.91 Å². The summed E-state index contributed by atoms with van der Waals surface area (Å²) in [7, 11) is 1.45. The number of aliphatic hydroxyl groups excluding tert-OH is 1. The van der Waals surface area contributed by atoms with Crippen LogP contribution in [-0.2, 0) is 0 Å². The lowest BCUT2D eigenvalue weighted by Gasteiger charge is -2.28. The second-order valence-electron chi connectivity index (χ2n) is 5.03. The molecule has 0 saturated carbocycles. The molecule has 0 spiro atoms. The van der Waals surface area contributed by atoms with Gasteiger partial charge in [0.1, 0.15) is 11.6 Å². The first kappa shape index (κ1) is 14.8. The SMILES string of the molecule is COc1ccc(C(=O)N2CCCCCC2CO)c(F)c1. The van der Waals surface area contributed by atoms with Crippen LogP contribution in [0.3, 0.4) is 0 Å². The molecule has 1 aromatic rings. The van der Waals surface area contributed by atoms with Crippen LogP contribution in [0.1, 0.15) is 36.0 Å². The van der Waals surface area contributed by atoms with Crippen LogP contribution in [0.4, 0.5) is 4.39 Å². The van der Waals surface area contributed by atoms with Crippen molar-refractivity contribution in [3.8, 4) is 5.75 Å². The molecule has 0 bridgehead atoms. The van der Waals surface area contributed by atoms with Gasteiger partial charge in [0.15, 0.2) is 0 Å². The lowest BCUT2D eigenvalue weighted by atomic mass is 10.1. The van der Waals surface area contributed by atoms with Crippen LogP contribution in [0, 0.1) is 5.82 Å². The fraction of sp³-hybridized carbons (Fsp3) is 0.533. The largest absolute Gasteiger partial charge is 0.497 e. The highest BCUT2D eigenvalue weighted by molar-refractivity contribution is 5.94. The Hall–Kier alpha value is -1.62. The van der Waals surface area contributed by atoms with Crippen molar-refractivity contribution in [1.29, 1.82) is 0 Å². The molecule has 0 radical (unpaired) electrons. The Labute approximate surface area is 118 Å². The number of likely N-dealkylation sites (tertiary alicyclic amines) is 1. The quantitative estimate of drug-likeness (QED) is 0.924. The third-order valence-corrected chi connectivity index (χ3v) is 3.76. The van der Waals surface area contributed by atoms with Gasteiger partial charge in [0, 0.05) is 12.6 Å². The highest BCUT2D eigenvalue weighted by Gasteiger charge is 2.27. The Kier molecular flexibility index (Phi) is 4.95. The summed E-state index contributed by atoms with van der Waals surface area (Å²) in [6.07, 6.45) is 3.67. The standard InChI is InChI=1S/C15H20FNO3/c1-20-12-6-7-13(14(16)9-12)15(19)17-8-4-2-3-5-11(17)10-18/h6-7,9,11,18H,2-5,8,10H2,1H3. The van der Waals surface area contributed by atoms with Crippen molar-refractivity contribution < 1.29 is 19.0 Å². The van der Waals surface area contributed by atoms with E-state index in [0.717, 1.165) is 25.7 Å². The number of halogens is 1. The summed E-state index contributed by atoms with van der Waals surface area (Å²) in [6.45, 7) is 0.485. The number of hydrogen-bond donors (Lipinski definition) is 1. The van der Waals surface area contributed by atoms with Crippen LogP contribution in [-0.4, -0.2) is 42.2 Å². The molecule has 1 atom stereocenters. The van der Waals surface area contributed by atoms with Crippen LogP contribution in [0.5, 0.6) is 5.75 Å². The van der Waals surface area contributed by atoms with Crippen LogP contribution < -0.4 is 4.74 Å². The Morgan fingerprint density at radius 3 is 2.90 bits per heavy atom. The number of amides is 1. The maximum absolute atomic E-state index is 14.0. The number of nitrogens with zero attached hydrogens (tertiary/aromatic N) is 1. The smallest absolute Gasteiger partial charge is 0.257 e. The Bertz CT molecular complexity index is 478. The third kappa shape index (κ3) is 3.10. The van der Waals surface area contributed by atoms with E-state index in [4.69, 9.17) is 4.74 Å². The number of methoxy groups -OCH3 is 1. The van der Waals surface area contributed by atoms with E-state index in [2.05, 4.69) is 0 Å². The van der Waals surface area contributed by atoms with Crippen LogP contribution >= 0.6 is 0 Å². The molecule has 1 amide bonds. The molecule has 1 unspecified atom stereocenters. The fourth-order valence-corrected chi connectivity index (χ4v) is 2.59. The van der Waals surface area contributed by atoms with Gasteiger partial charge in [-0.2, -0.15) is 0 Å². The lowest BCUT2D eigenvalue weighted by Crippen LogP contribution is -2.42. The minimum atomic E-state index is -0.588. The number of ether oxygens (including phenoxy) is 1. The van der Waals surface area contributed by atoms with E-state index in [1.165, 1.54) is 19.2 Å². The maximum Gasteiger partial charge on any atom is 0.257 e. The molecular weight excluding hydrogens is 261 g/mol. The third-order valence-electron chi connectivity index (χ3n) is 3.76. The minimum absolute atomic E-state index is 0.0335. The summed E-state index contributed by atoms with van der Waals surface area (Å²) in [5.41, 5.74) is 0.0335. The number of aliphatic hydroxyl groups is 1. The molecule has 20 heavy (non-hydrogen) atoms. The summed E-state index contributed by atoms with van der Waals surface area (Å²) in [5, 5.41) is 9.43. The van der Waals surface area contributed by atoms with Gasteiger partial charge in [0.2, 0.25) is 0 Å². The van der Waals surface area contributed by atoms with Gasteiger partial charge >= 0.3 is 0 Å². The Morgan fingerprint density at radius 1 is 1.45 bits per heavy atom. The number of rotatable bonds is 3. The molecule has 1 aromatic carbocycles. The summed E-state index contributed by atoms with van der Waals surface area (Å²) < 4.78 is 18.9. The molecule has 1 fully saturated rings. The van der Waals surface area contributed by atoms with Gasteiger partial charge in [0.05, 0.1) is 25.3 Å². The molecule has 5 heteroatoms. The normalized spacial score (nSPS) is 19.6. The highest BCUT2D eigenvalue weighted by Crippen LogP contribution is 2.22. The molecule has 2 rings (SSSR count). The zero-order valence-electron chi connectivity index (χ0n) is 11.6. The summed E-state index contributed by atoms with van der Waals surface area (Å²) >= 11 is 0. The van der Waals surface area contributed by atoms with Gasteiger partial charge in [-0.05, 0) is 25.0 Å². The summed E-state index contributed by atoms with van der Waals surface area (Å²) in [5.74, 6) is -0.560. The molecule has 1 N–H and O–H groups in total. The number of benzene rings is 1. The first-order valence-electron chi connectivity index (χ1n) is 6.92. The van der Waals surface area contributed by atoms with Crippen molar-refractivity contribution in [2.75, 3.05) is 20.3 Å². The molecule has 1 aliphatic rings. The van der Waals surface area contributed by atoms with Gasteiger partial charge < -0.3 is 14.7 Å². The molecule has 0 aliphatic carbocycles. The number of carbonyl (C=O) groups is 1. The zero-order valence-corrected chi connectivity index (χ0v) is 11.6. The number of carbonyl (C=O) groups excluding carboxylic acids is 1. The number of hydrogen-bond acceptors (Lipinski definition) is 3. The molecular formula is C15H20FNO3. The molecule has 1 aliphatic heterocycles. The van der Waals surface area contributed by atoms with E-state index in [9.17, 15) is 14.3 Å². The molecule has 4 nitrogen and oxygen atoms in total. The van der Waals surface area contributed by atoms with Crippen LogP contribution in [0.2, 0.25) is 0 Å². The summed E-state index contributed by atoms with van der Waals surface area (Å²) in [6, 6.07) is 4.00. The Morgan fingerprint density at radius 2 is 2.25 bits per heavy atom. The van der Waals surface area contributed by atoms with Crippen LogP contribution in [0.15, 0.2) is 18.2 Å². The van der Waals surface area contributed by atoms with E-state index >= 15 is 0 Å². The van der Waals surface area contributed by atoms with E-state index in [1.54, 1.807) is 11.0 Å². The van der Waals surface area contributed by atoms with Crippen molar-refractivity contribution in [2.24, 2.45) is 0 Å². The molecule has 1 saturated heterocycles. The topological polar surface area (TPSA) is 49.8 Å². The fourth-order valence-electron chi connectivity index (χ4n) is 2.59. The van der Waals surface area contributed by atoms with Crippen LogP contribution in [0.25, 0.3) is 0 Å². The van der Waals surface area contributed by atoms with Crippen molar-refractivity contribution in [3.63, 3.8) is 0 Å². The van der Waals surface area contributed by atoms with E-state index in [0.29, 0.717) is 12.3 Å². The minimum Gasteiger partial charge on any atom is -0.497 e. The zero-order chi connectivity index (χ0) is 14.5. The second-order valence-corrected chi connectivity index (χ2v) is 5.03. The predicted molar refractivity (Wildman–Crippen MR) is 73.3 cm³/mol. The maximum atomic E-state index is 14.0. The van der Waals surface area contributed by atoms with Crippen molar-refractivity contribution in [3.05, 3.63) is 29.6 Å². The second kappa shape index (κ2) is 6.70. The van der Waals surface area contributed by atoms with Crippen molar-refractivity contribution in [2.45, 2.75) is 31.7 Å². The molecule has 110 valence electrons. The van der Waals surface area contributed by atoms with E-state index < -0.39 is 5.82 Å². The first-order valence-corrected chi connectivity index (χ1v) is 6.92. The average molecular weight is 281 g/mol. The molecule has 0 aromatic heterocycles. The van der Waals surface area contributed by atoms with E-state index in [-0.39, 0.29) is 24.1 Å². The van der Waals surface area contributed by atoms with Crippen molar-refractivity contribution in [1.82, 2.24) is 4.90 Å². The monoisotopic (exact) mass is 281 g/mol. The highest BCUT2D eigenvalue weighted by atomic mass is 19.1. The lowest BCUT2D eigenvalue weighted by molar-refractivity contribution is 0.0595.